The van der Waals surface area contributed by atoms with E-state index in [1.165, 1.54) is 44.2 Å². The minimum Gasteiger partial charge on any atom is -0.456 e. The van der Waals surface area contributed by atoms with Crippen molar-refractivity contribution >= 4 is 21.9 Å². The van der Waals surface area contributed by atoms with E-state index in [9.17, 15) is 0 Å². The highest BCUT2D eigenvalue weighted by molar-refractivity contribution is 6.06. The van der Waals surface area contributed by atoms with Crippen LogP contribution in [-0.2, 0) is 10.8 Å². The Morgan fingerprint density at radius 1 is 0.621 bits per heavy atom. The lowest BCUT2D eigenvalue weighted by Gasteiger charge is -2.23. The molecule has 0 bridgehead atoms. The molecule has 150 valence electrons. The summed E-state index contributed by atoms with van der Waals surface area (Å²) in [6.07, 6.45) is 0. The van der Waals surface area contributed by atoms with Crippen LogP contribution in [0.15, 0.2) is 52.9 Å². The summed E-state index contributed by atoms with van der Waals surface area (Å²) in [5, 5.41) is 2.38. The molecular formula is C28H32O. The molecule has 0 spiro atoms. The molecule has 29 heavy (non-hydrogen) atoms. The molecule has 0 unspecified atom stereocenters. The van der Waals surface area contributed by atoms with Gasteiger partial charge in [-0.05, 0) is 76.3 Å². The number of furan rings is 1. The van der Waals surface area contributed by atoms with Gasteiger partial charge < -0.3 is 4.42 Å². The van der Waals surface area contributed by atoms with E-state index in [2.05, 4.69) is 104 Å². The van der Waals surface area contributed by atoms with Crippen LogP contribution in [0.2, 0.25) is 0 Å². The summed E-state index contributed by atoms with van der Waals surface area (Å²) in [4.78, 5) is 0. The summed E-state index contributed by atoms with van der Waals surface area (Å²) in [6.45, 7) is 18.0. The fraction of sp³-hybridized carbons (Fsp3) is 0.357. The molecule has 0 fully saturated rings. The van der Waals surface area contributed by atoms with E-state index in [1.54, 1.807) is 0 Å². The highest BCUT2D eigenvalue weighted by atomic mass is 16.3. The smallest absolute Gasteiger partial charge is 0.136 e. The molecule has 4 aromatic rings. The number of benzene rings is 3. The second kappa shape index (κ2) is 6.49. The van der Waals surface area contributed by atoms with Crippen LogP contribution in [0.4, 0.5) is 0 Å². The molecular weight excluding hydrogens is 352 g/mol. The van der Waals surface area contributed by atoms with E-state index in [0.29, 0.717) is 0 Å². The van der Waals surface area contributed by atoms with Gasteiger partial charge in [-0.3, -0.25) is 0 Å². The van der Waals surface area contributed by atoms with E-state index in [-0.39, 0.29) is 10.8 Å². The quantitative estimate of drug-likeness (QED) is 0.321. The molecule has 0 atom stereocenters. The first kappa shape index (κ1) is 19.8. The van der Waals surface area contributed by atoms with Crippen LogP contribution in [-0.4, -0.2) is 0 Å². The van der Waals surface area contributed by atoms with E-state index < -0.39 is 0 Å². The molecule has 0 aliphatic rings. The first-order chi connectivity index (χ1) is 13.4. The van der Waals surface area contributed by atoms with E-state index in [0.717, 1.165) is 11.2 Å². The summed E-state index contributed by atoms with van der Waals surface area (Å²) in [5.41, 5.74) is 10.1. The van der Waals surface area contributed by atoms with Crippen LogP contribution in [0.3, 0.4) is 0 Å². The summed E-state index contributed by atoms with van der Waals surface area (Å²) >= 11 is 0. The average Bonchev–Trinajstić information content (AvgIpc) is 2.98. The Morgan fingerprint density at radius 3 is 1.86 bits per heavy atom. The molecule has 0 amide bonds. The fourth-order valence-corrected chi connectivity index (χ4v) is 4.35. The molecule has 0 radical (unpaired) electrons. The molecule has 1 heterocycles. The van der Waals surface area contributed by atoms with Gasteiger partial charge in [0.1, 0.15) is 11.2 Å². The van der Waals surface area contributed by atoms with Gasteiger partial charge in [0.15, 0.2) is 0 Å². The Hall–Kier alpha value is -2.54. The van der Waals surface area contributed by atoms with E-state index in [1.807, 2.05) is 0 Å². The summed E-state index contributed by atoms with van der Waals surface area (Å²) in [5.74, 6) is 0. The Balaban J connectivity index is 1.86. The minimum absolute atomic E-state index is 0.113. The van der Waals surface area contributed by atoms with Crippen LogP contribution in [0, 0.1) is 13.8 Å². The third-order valence-corrected chi connectivity index (χ3v) is 6.03. The minimum atomic E-state index is 0.113. The molecule has 1 nitrogen and oxygen atoms in total. The maximum Gasteiger partial charge on any atom is 0.136 e. The van der Waals surface area contributed by atoms with Gasteiger partial charge >= 0.3 is 0 Å². The maximum absolute atomic E-state index is 6.30. The van der Waals surface area contributed by atoms with Gasteiger partial charge in [-0.1, -0.05) is 71.9 Å². The van der Waals surface area contributed by atoms with Crippen LogP contribution in [0.25, 0.3) is 33.1 Å². The van der Waals surface area contributed by atoms with Gasteiger partial charge in [0.2, 0.25) is 0 Å². The Bertz CT molecular complexity index is 1220. The Morgan fingerprint density at radius 2 is 1.24 bits per heavy atom. The molecule has 0 aliphatic heterocycles. The molecule has 0 aliphatic carbocycles. The van der Waals surface area contributed by atoms with Crippen LogP contribution in [0.1, 0.15) is 63.8 Å². The predicted octanol–water partition coefficient (Wildman–Crippen LogP) is 8.46. The van der Waals surface area contributed by atoms with Crippen molar-refractivity contribution in [2.75, 3.05) is 0 Å². The van der Waals surface area contributed by atoms with E-state index in [4.69, 9.17) is 4.42 Å². The standard InChI is InChI=1S/C28H32O/c1-17-14-24(28(6,7)8)18(2)13-23(17)19-9-11-21-22-12-10-20(27(3,4)5)16-26(22)29-25(21)15-19/h9-16H,1-8H3. The lowest BCUT2D eigenvalue weighted by Crippen LogP contribution is -2.13. The normalized spacial score (nSPS) is 12.8. The summed E-state index contributed by atoms with van der Waals surface area (Å²) < 4.78 is 6.30. The molecule has 0 N–H and O–H groups in total. The fourth-order valence-electron chi connectivity index (χ4n) is 4.35. The van der Waals surface area contributed by atoms with Crippen LogP contribution in [0.5, 0.6) is 0 Å². The summed E-state index contributed by atoms with van der Waals surface area (Å²) in [6, 6.07) is 17.9. The van der Waals surface area contributed by atoms with Crippen molar-refractivity contribution < 1.29 is 4.42 Å². The monoisotopic (exact) mass is 384 g/mol. The molecule has 1 heteroatoms. The number of aryl methyl sites for hydroxylation is 2. The van der Waals surface area contributed by atoms with Crippen molar-refractivity contribution in [3.8, 4) is 11.1 Å². The van der Waals surface area contributed by atoms with Crippen molar-refractivity contribution in [3.05, 3.63) is 70.8 Å². The third-order valence-electron chi connectivity index (χ3n) is 6.03. The molecule has 1 aromatic heterocycles. The maximum atomic E-state index is 6.30. The Kier molecular flexibility index (Phi) is 4.42. The highest BCUT2D eigenvalue weighted by Gasteiger charge is 2.19. The lowest BCUT2D eigenvalue weighted by atomic mass is 9.81. The largest absolute Gasteiger partial charge is 0.456 e. The lowest BCUT2D eigenvalue weighted by molar-refractivity contribution is 0.585. The summed E-state index contributed by atoms with van der Waals surface area (Å²) in [7, 11) is 0. The number of hydrogen-bond donors (Lipinski definition) is 0. The van der Waals surface area contributed by atoms with Crippen LogP contribution >= 0.6 is 0 Å². The molecule has 0 saturated carbocycles. The zero-order valence-corrected chi connectivity index (χ0v) is 19.0. The van der Waals surface area contributed by atoms with Gasteiger partial charge in [0, 0.05) is 10.8 Å². The molecule has 4 rings (SSSR count). The zero-order chi connectivity index (χ0) is 21.1. The first-order valence-corrected chi connectivity index (χ1v) is 10.5. The highest BCUT2D eigenvalue weighted by Crippen LogP contribution is 2.37. The van der Waals surface area contributed by atoms with Gasteiger partial charge in [0.25, 0.3) is 0 Å². The first-order valence-electron chi connectivity index (χ1n) is 10.5. The predicted molar refractivity (Wildman–Crippen MR) is 126 cm³/mol. The Labute approximate surface area is 174 Å². The van der Waals surface area contributed by atoms with Crippen molar-refractivity contribution in [1.29, 1.82) is 0 Å². The second-order valence-electron chi connectivity index (χ2n) is 10.5. The van der Waals surface area contributed by atoms with Crippen molar-refractivity contribution in [2.24, 2.45) is 0 Å². The van der Waals surface area contributed by atoms with Crippen molar-refractivity contribution in [1.82, 2.24) is 0 Å². The third kappa shape index (κ3) is 3.48. The van der Waals surface area contributed by atoms with Gasteiger partial charge in [-0.15, -0.1) is 0 Å². The average molecular weight is 385 g/mol. The van der Waals surface area contributed by atoms with Gasteiger partial charge in [-0.2, -0.15) is 0 Å². The zero-order valence-electron chi connectivity index (χ0n) is 19.0. The van der Waals surface area contributed by atoms with Crippen molar-refractivity contribution in [2.45, 2.75) is 66.2 Å². The SMILES string of the molecule is Cc1cc(C(C)(C)C)c(C)cc1-c1ccc2c(c1)oc1cc(C(C)(C)C)ccc12. The number of hydrogen-bond acceptors (Lipinski definition) is 1. The molecule has 3 aromatic carbocycles. The van der Waals surface area contributed by atoms with Gasteiger partial charge in [-0.25, -0.2) is 0 Å². The molecule has 0 saturated heterocycles. The van der Waals surface area contributed by atoms with E-state index >= 15 is 0 Å². The van der Waals surface area contributed by atoms with Crippen molar-refractivity contribution in [3.63, 3.8) is 0 Å². The van der Waals surface area contributed by atoms with Crippen LogP contribution < -0.4 is 0 Å². The van der Waals surface area contributed by atoms with Gasteiger partial charge in [0.05, 0.1) is 0 Å². The second-order valence-corrected chi connectivity index (χ2v) is 10.5. The number of rotatable bonds is 1. The number of fused-ring (bicyclic) bond motifs is 3. The topological polar surface area (TPSA) is 13.1 Å².